The molecule has 1 heterocycles. The number of carbonyl (C=O) groups is 9. The molecule has 0 aliphatic carbocycles. The largest absolute Gasteiger partial charge is 0.370 e. The molecule has 9 atom stereocenters. The summed E-state index contributed by atoms with van der Waals surface area (Å²) < 4.78 is 0. The van der Waals surface area contributed by atoms with Crippen LogP contribution in [0.25, 0.3) is 10.9 Å². The van der Waals surface area contributed by atoms with E-state index in [1.54, 1.807) is 27.0 Å². The van der Waals surface area contributed by atoms with Crippen molar-refractivity contribution in [3.63, 3.8) is 0 Å². The Bertz CT molecular complexity index is 2500. The number of amides is 9. The van der Waals surface area contributed by atoms with Gasteiger partial charge < -0.3 is 76.2 Å². The van der Waals surface area contributed by atoms with Crippen LogP contribution in [0.5, 0.6) is 0 Å². The fourth-order valence-corrected chi connectivity index (χ4v) is 8.43. The first-order valence-corrected chi connectivity index (χ1v) is 26.7. The maximum Gasteiger partial charge on any atom is 0.243 e. The fraction of sp³-hybridized carbons (Fsp3) is 0.556. The van der Waals surface area contributed by atoms with E-state index in [2.05, 4.69) is 52.5 Å². The molecule has 2 aromatic carbocycles. The minimum absolute atomic E-state index is 0.0398. The average molecular weight is 1090 g/mol. The van der Waals surface area contributed by atoms with Crippen LogP contribution in [0.3, 0.4) is 0 Å². The highest BCUT2D eigenvalue weighted by molar-refractivity contribution is 5.98. The number of fused-ring (bicyclic) bond motifs is 1. The highest BCUT2D eigenvalue weighted by Crippen LogP contribution is 2.20. The number of hydrogen-bond acceptors (Lipinski definition) is 12. The van der Waals surface area contributed by atoms with Crippen molar-refractivity contribution < 1.29 is 43.2 Å². The van der Waals surface area contributed by atoms with E-state index in [1.165, 1.54) is 6.92 Å². The molecule has 0 fully saturated rings. The molecule has 1 aromatic heterocycles. The van der Waals surface area contributed by atoms with Gasteiger partial charge in [-0.25, -0.2) is 0 Å². The second kappa shape index (κ2) is 32.9. The molecule has 0 radical (unpaired) electrons. The molecule has 0 saturated carbocycles. The second-order valence-electron chi connectivity index (χ2n) is 20.5. The van der Waals surface area contributed by atoms with Gasteiger partial charge in [0.15, 0.2) is 5.96 Å². The van der Waals surface area contributed by atoms with Crippen LogP contribution in [0, 0.1) is 17.8 Å². The lowest BCUT2D eigenvalue weighted by atomic mass is 9.97. The number of aromatic amines is 1. The number of primary amides is 1. The number of aliphatic imine (C=N–C) groups is 1. The van der Waals surface area contributed by atoms with Gasteiger partial charge in [-0.2, -0.15) is 0 Å². The molecule has 0 aliphatic rings. The fourth-order valence-electron chi connectivity index (χ4n) is 8.43. The van der Waals surface area contributed by atoms with Crippen molar-refractivity contribution in [1.29, 1.82) is 0 Å². The number of para-hydroxylation sites is 1. The summed E-state index contributed by atoms with van der Waals surface area (Å²) >= 11 is 0. The number of unbranched alkanes of at least 4 members (excludes halogenated alkanes) is 1. The number of nitrogens with zero attached hydrogens (tertiary/aromatic N) is 1. The van der Waals surface area contributed by atoms with Crippen molar-refractivity contribution >= 4 is 70.0 Å². The Morgan fingerprint density at radius 2 is 1.21 bits per heavy atom. The number of hydrogen-bond donors (Lipinski definition) is 14. The monoisotopic (exact) mass is 1090 g/mol. The topological polar surface area (TPSA) is 408 Å². The van der Waals surface area contributed by atoms with Gasteiger partial charge >= 0.3 is 0 Å². The summed E-state index contributed by atoms with van der Waals surface area (Å²) in [5.41, 5.74) is 30.4. The predicted molar refractivity (Wildman–Crippen MR) is 298 cm³/mol. The number of nitrogens with two attached hydrogens (primary N) is 5. The SMILES string of the molecule is CC[C@H](C)[C@H](NC(=O)[C@@H](N)Cc1ccccc1)C(=O)N[C@@H](C)C(=O)N[C@@H](Cc1c[nH]c2ccccc12)C(=O)N[C@@H](CC(C)C)C(=O)N[C@H](C(=O)N[C@@H](CCCCN)C(=O)NCC(=O)N[C@H](CCCN=C(N)N)C(N)=O)C(C)C. The number of H-pyrrole nitrogens is 1. The zero-order chi connectivity index (χ0) is 58.1. The molecule has 0 saturated heterocycles. The van der Waals surface area contributed by atoms with Crippen LogP contribution in [0.2, 0.25) is 0 Å². The quantitative estimate of drug-likeness (QED) is 0.0199. The highest BCUT2D eigenvalue weighted by atomic mass is 16.2. The smallest absolute Gasteiger partial charge is 0.243 e. The first kappa shape index (κ1) is 64.7. The maximum absolute atomic E-state index is 14.6. The van der Waals surface area contributed by atoms with E-state index in [4.69, 9.17) is 28.7 Å². The summed E-state index contributed by atoms with van der Waals surface area (Å²) in [6.45, 7) is 12.1. The van der Waals surface area contributed by atoms with Crippen molar-refractivity contribution in [3.05, 3.63) is 71.9 Å². The standard InChI is InChI=1S/C54H85N15O9/c1-8-32(6)45(69-48(73)37(56)26-34-17-10-9-11-18-34)53(78)63-33(7)47(72)66-42(27-35-28-61-38-20-13-12-19-36(35)38)50(75)67-41(25-30(2)3)51(76)68-44(31(4)5)52(77)65-40(21-14-15-23-55)49(74)62-29-43(70)64-39(46(57)71)22-16-24-60-54(58)59/h9-13,17-20,28,30-33,37,39-42,44-45,61H,8,14-16,21-27,29,55-56H2,1-7H3,(H2,57,71)(H,62,74)(H,63,78)(H,64,70)(H,65,77)(H,66,72)(H,67,75)(H,68,76)(H,69,73)(H4,58,59,60)/t32-,33-,37-,39+,40-,41-,42-,44-,45-/m0/s1. The molecule has 0 bridgehead atoms. The molecule has 24 heteroatoms. The van der Waals surface area contributed by atoms with E-state index in [1.807, 2.05) is 75.4 Å². The van der Waals surface area contributed by atoms with Gasteiger partial charge in [0.1, 0.15) is 42.3 Å². The maximum atomic E-state index is 14.6. The van der Waals surface area contributed by atoms with Crippen LogP contribution in [-0.2, 0) is 56.0 Å². The van der Waals surface area contributed by atoms with Crippen LogP contribution in [-0.4, -0.2) is 132 Å². The van der Waals surface area contributed by atoms with Gasteiger partial charge in [0, 0.05) is 30.1 Å². The Labute approximate surface area is 456 Å². The number of benzene rings is 2. The molecule has 3 aromatic rings. The molecule has 430 valence electrons. The van der Waals surface area contributed by atoms with E-state index in [-0.39, 0.29) is 56.4 Å². The van der Waals surface area contributed by atoms with E-state index >= 15 is 0 Å². The number of guanidine groups is 1. The minimum atomic E-state index is -1.30. The van der Waals surface area contributed by atoms with E-state index in [0.717, 1.165) is 16.5 Å². The van der Waals surface area contributed by atoms with Crippen molar-refractivity contribution in [1.82, 2.24) is 47.5 Å². The van der Waals surface area contributed by atoms with Crippen molar-refractivity contribution in [3.8, 4) is 0 Å². The molecule has 3 rings (SSSR count). The van der Waals surface area contributed by atoms with Crippen molar-refractivity contribution in [2.75, 3.05) is 19.6 Å². The van der Waals surface area contributed by atoms with Gasteiger partial charge in [-0.15, -0.1) is 0 Å². The normalized spacial score (nSPS) is 14.7. The van der Waals surface area contributed by atoms with Gasteiger partial charge in [0.05, 0.1) is 12.6 Å². The Kier molecular flexibility index (Phi) is 27.3. The molecule has 0 spiro atoms. The Morgan fingerprint density at radius 1 is 0.603 bits per heavy atom. The third kappa shape index (κ3) is 21.8. The minimum Gasteiger partial charge on any atom is -0.370 e. The zero-order valence-corrected chi connectivity index (χ0v) is 46.1. The molecule has 0 aliphatic heterocycles. The molecule has 78 heavy (non-hydrogen) atoms. The Balaban J connectivity index is 1.81. The third-order valence-corrected chi connectivity index (χ3v) is 13.1. The molecular weight excluding hydrogens is 1000 g/mol. The van der Waals surface area contributed by atoms with Crippen molar-refractivity contribution in [2.24, 2.45) is 51.4 Å². The number of carbonyl (C=O) groups excluding carboxylic acids is 9. The van der Waals surface area contributed by atoms with Gasteiger partial charge in [0.2, 0.25) is 53.2 Å². The lowest BCUT2D eigenvalue weighted by Crippen LogP contribution is -2.61. The van der Waals surface area contributed by atoms with Crippen molar-refractivity contribution in [2.45, 2.75) is 155 Å². The van der Waals surface area contributed by atoms with E-state index in [0.29, 0.717) is 37.8 Å². The second-order valence-corrected chi connectivity index (χ2v) is 20.5. The van der Waals surface area contributed by atoms with E-state index < -0.39 is 114 Å². The number of rotatable bonds is 34. The van der Waals surface area contributed by atoms with Gasteiger partial charge in [-0.3, -0.25) is 48.1 Å². The first-order valence-electron chi connectivity index (χ1n) is 26.7. The lowest BCUT2D eigenvalue weighted by molar-refractivity contribution is -0.136. The number of nitrogens with one attached hydrogen (secondary N) is 9. The van der Waals surface area contributed by atoms with Crippen LogP contribution in [0.15, 0.2) is 65.8 Å². The predicted octanol–water partition coefficient (Wildman–Crippen LogP) is -0.774. The summed E-state index contributed by atoms with van der Waals surface area (Å²) in [4.78, 5) is 130. The third-order valence-electron chi connectivity index (χ3n) is 13.1. The summed E-state index contributed by atoms with van der Waals surface area (Å²) in [7, 11) is 0. The molecular formula is C54H85N15O9. The van der Waals surface area contributed by atoms with Gasteiger partial charge in [-0.05, 0) is 93.4 Å². The Hall–Kier alpha value is -7.60. The average Bonchev–Trinajstić information content (AvgIpc) is 3.82. The summed E-state index contributed by atoms with van der Waals surface area (Å²) in [6.07, 6.45) is 4.06. The molecule has 24 nitrogen and oxygen atoms in total. The Morgan fingerprint density at radius 3 is 1.83 bits per heavy atom. The van der Waals surface area contributed by atoms with Gasteiger partial charge in [-0.1, -0.05) is 96.5 Å². The first-order chi connectivity index (χ1) is 36.9. The molecule has 9 amide bonds. The van der Waals surface area contributed by atoms with Crippen LogP contribution in [0.4, 0.5) is 0 Å². The lowest BCUT2D eigenvalue weighted by Gasteiger charge is -2.29. The van der Waals surface area contributed by atoms with E-state index in [9.17, 15) is 43.2 Å². The van der Waals surface area contributed by atoms with Gasteiger partial charge in [0.25, 0.3) is 0 Å². The zero-order valence-electron chi connectivity index (χ0n) is 46.1. The van der Waals surface area contributed by atoms with Crippen LogP contribution >= 0.6 is 0 Å². The summed E-state index contributed by atoms with van der Waals surface area (Å²) in [5, 5.41) is 22.3. The molecule has 19 N–H and O–H groups in total. The van der Waals surface area contributed by atoms with Crippen LogP contribution in [0.1, 0.15) is 105 Å². The molecule has 0 unspecified atom stereocenters. The summed E-state index contributed by atoms with van der Waals surface area (Å²) in [5.74, 6) is -7.46. The van der Waals surface area contributed by atoms with Crippen LogP contribution < -0.4 is 71.2 Å². The number of aromatic nitrogens is 1. The summed E-state index contributed by atoms with van der Waals surface area (Å²) in [6, 6.07) is 7.42. The highest BCUT2D eigenvalue weighted by Gasteiger charge is 2.35.